The molecular weight excluding hydrogens is 266 g/mol. The molecule has 1 aromatic heterocycles. The molecule has 5 heteroatoms. The van der Waals surface area contributed by atoms with E-state index in [1.165, 1.54) is 0 Å². The highest BCUT2D eigenvalue weighted by atomic mass is 16.5. The van der Waals surface area contributed by atoms with E-state index in [4.69, 9.17) is 4.74 Å². The lowest BCUT2D eigenvalue weighted by molar-refractivity contribution is 0.00920. The van der Waals surface area contributed by atoms with Gasteiger partial charge in [-0.3, -0.25) is 4.68 Å². The SMILES string of the molecule is CCCN1CCCC(O)(c2c(OC)cnn2C(C)C)CC1. The summed E-state index contributed by atoms with van der Waals surface area (Å²) in [6.07, 6.45) is 5.39. The highest BCUT2D eigenvalue weighted by molar-refractivity contribution is 5.31. The average molecular weight is 295 g/mol. The number of hydrogen-bond donors (Lipinski definition) is 1. The summed E-state index contributed by atoms with van der Waals surface area (Å²) in [5, 5.41) is 15.7. The molecule has 1 aliphatic heterocycles. The van der Waals surface area contributed by atoms with E-state index in [9.17, 15) is 5.11 Å². The Kier molecular flexibility index (Phi) is 5.27. The molecule has 21 heavy (non-hydrogen) atoms. The first kappa shape index (κ1) is 16.3. The van der Waals surface area contributed by atoms with Crippen molar-refractivity contribution in [1.82, 2.24) is 14.7 Å². The van der Waals surface area contributed by atoms with Gasteiger partial charge in [0, 0.05) is 12.6 Å². The van der Waals surface area contributed by atoms with Crippen LogP contribution in [-0.4, -0.2) is 46.5 Å². The van der Waals surface area contributed by atoms with Gasteiger partial charge in [0.15, 0.2) is 5.75 Å². The number of ether oxygens (including phenoxy) is 1. The zero-order chi connectivity index (χ0) is 15.5. The van der Waals surface area contributed by atoms with Crippen LogP contribution < -0.4 is 4.74 Å². The minimum atomic E-state index is -0.839. The molecule has 0 aliphatic carbocycles. The van der Waals surface area contributed by atoms with E-state index in [1.807, 2.05) is 4.68 Å². The standard InChI is InChI=1S/C16H29N3O2/c1-5-9-18-10-6-7-16(20,8-11-18)15-14(21-4)12-17-19(15)13(2)3/h12-13,20H,5-11H2,1-4H3. The summed E-state index contributed by atoms with van der Waals surface area (Å²) in [6.45, 7) is 9.47. The molecule has 0 saturated carbocycles. The Morgan fingerprint density at radius 2 is 2.14 bits per heavy atom. The molecule has 1 aromatic rings. The highest BCUT2D eigenvalue weighted by Gasteiger charge is 2.38. The molecular formula is C16H29N3O2. The number of likely N-dealkylation sites (tertiary alicyclic amines) is 1. The lowest BCUT2D eigenvalue weighted by atomic mass is 9.90. The number of methoxy groups -OCH3 is 1. The topological polar surface area (TPSA) is 50.5 Å². The van der Waals surface area contributed by atoms with Crippen molar-refractivity contribution in [2.75, 3.05) is 26.7 Å². The van der Waals surface area contributed by atoms with Crippen molar-refractivity contribution < 1.29 is 9.84 Å². The number of hydrogen-bond acceptors (Lipinski definition) is 4. The van der Waals surface area contributed by atoms with Crippen molar-refractivity contribution in [2.24, 2.45) is 0 Å². The minimum absolute atomic E-state index is 0.211. The Morgan fingerprint density at radius 3 is 2.76 bits per heavy atom. The third-order valence-corrected chi connectivity index (χ3v) is 4.36. The Hall–Kier alpha value is -1.07. The van der Waals surface area contributed by atoms with Gasteiger partial charge in [-0.05, 0) is 52.6 Å². The Bertz CT molecular complexity index is 458. The molecule has 1 atom stereocenters. The van der Waals surface area contributed by atoms with Gasteiger partial charge < -0.3 is 14.7 Å². The number of rotatable bonds is 5. The second-order valence-corrected chi connectivity index (χ2v) is 6.33. The maximum absolute atomic E-state index is 11.3. The van der Waals surface area contributed by atoms with Gasteiger partial charge in [-0.25, -0.2) is 0 Å². The van der Waals surface area contributed by atoms with E-state index < -0.39 is 5.60 Å². The Balaban J connectivity index is 2.29. The lowest BCUT2D eigenvalue weighted by Gasteiger charge is -2.29. The number of aliphatic hydroxyl groups is 1. The van der Waals surface area contributed by atoms with E-state index in [-0.39, 0.29) is 6.04 Å². The first-order valence-corrected chi connectivity index (χ1v) is 8.08. The third kappa shape index (κ3) is 3.40. The second-order valence-electron chi connectivity index (χ2n) is 6.33. The lowest BCUT2D eigenvalue weighted by Crippen LogP contribution is -2.32. The number of aromatic nitrogens is 2. The largest absolute Gasteiger partial charge is 0.493 e. The fourth-order valence-corrected chi connectivity index (χ4v) is 3.28. The molecule has 1 aliphatic rings. The van der Waals surface area contributed by atoms with Gasteiger partial charge in [-0.2, -0.15) is 5.10 Å². The summed E-state index contributed by atoms with van der Waals surface area (Å²) in [5.41, 5.74) is 0.00701. The monoisotopic (exact) mass is 295 g/mol. The van der Waals surface area contributed by atoms with Crippen molar-refractivity contribution in [2.45, 2.75) is 58.1 Å². The highest BCUT2D eigenvalue weighted by Crippen LogP contribution is 2.39. The van der Waals surface area contributed by atoms with Crippen molar-refractivity contribution >= 4 is 0 Å². The van der Waals surface area contributed by atoms with Gasteiger partial charge in [-0.15, -0.1) is 0 Å². The van der Waals surface area contributed by atoms with Crippen molar-refractivity contribution in [1.29, 1.82) is 0 Å². The van der Waals surface area contributed by atoms with Crippen LogP contribution in [0.3, 0.4) is 0 Å². The first-order chi connectivity index (χ1) is 10.0. The van der Waals surface area contributed by atoms with Gasteiger partial charge in [0.05, 0.1) is 13.3 Å². The van der Waals surface area contributed by atoms with Crippen molar-refractivity contribution in [3.8, 4) is 5.75 Å². The summed E-state index contributed by atoms with van der Waals surface area (Å²) in [4.78, 5) is 2.44. The van der Waals surface area contributed by atoms with Crippen LogP contribution in [0.1, 0.15) is 58.2 Å². The van der Waals surface area contributed by atoms with Gasteiger partial charge in [0.1, 0.15) is 11.3 Å². The Labute approximate surface area is 127 Å². The minimum Gasteiger partial charge on any atom is -0.493 e. The molecule has 2 rings (SSSR count). The molecule has 2 heterocycles. The van der Waals surface area contributed by atoms with Gasteiger partial charge in [0.2, 0.25) is 0 Å². The zero-order valence-corrected chi connectivity index (χ0v) is 13.8. The zero-order valence-electron chi connectivity index (χ0n) is 13.8. The molecule has 5 nitrogen and oxygen atoms in total. The molecule has 0 amide bonds. The fraction of sp³-hybridized carbons (Fsp3) is 0.812. The molecule has 120 valence electrons. The van der Waals surface area contributed by atoms with Gasteiger partial charge in [0.25, 0.3) is 0 Å². The van der Waals surface area contributed by atoms with Crippen LogP contribution in [0.2, 0.25) is 0 Å². The molecule has 0 spiro atoms. The summed E-state index contributed by atoms with van der Waals surface area (Å²) >= 11 is 0. The van der Waals surface area contributed by atoms with Crippen LogP contribution in [0.4, 0.5) is 0 Å². The molecule has 1 fully saturated rings. The van der Waals surface area contributed by atoms with E-state index in [2.05, 4.69) is 30.8 Å². The molecule has 1 unspecified atom stereocenters. The van der Waals surface area contributed by atoms with Crippen LogP contribution in [-0.2, 0) is 5.60 Å². The summed E-state index contributed by atoms with van der Waals surface area (Å²) in [5.74, 6) is 0.704. The van der Waals surface area contributed by atoms with Crippen molar-refractivity contribution in [3.05, 3.63) is 11.9 Å². The molecule has 0 bridgehead atoms. The maximum atomic E-state index is 11.3. The van der Waals surface area contributed by atoms with Gasteiger partial charge >= 0.3 is 0 Å². The first-order valence-electron chi connectivity index (χ1n) is 8.08. The van der Waals surface area contributed by atoms with E-state index >= 15 is 0 Å². The van der Waals surface area contributed by atoms with Crippen LogP contribution in [0.25, 0.3) is 0 Å². The van der Waals surface area contributed by atoms with Crippen molar-refractivity contribution in [3.63, 3.8) is 0 Å². The third-order valence-electron chi connectivity index (χ3n) is 4.36. The predicted molar refractivity (Wildman–Crippen MR) is 83.6 cm³/mol. The van der Waals surface area contributed by atoms with E-state index in [1.54, 1.807) is 13.3 Å². The summed E-state index contributed by atoms with van der Waals surface area (Å²) < 4.78 is 7.36. The summed E-state index contributed by atoms with van der Waals surface area (Å²) in [7, 11) is 1.65. The molecule has 1 N–H and O–H groups in total. The quantitative estimate of drug-likeness (QED) is 0.907. The molecule has 0 aromatic carbocycles. The van der Waals surface area contributed by atoms with Gasteiger partial charge in [-0.1, -0.05) is 6.92 Å². The second kappa shape index (κ2) is 6.79. The van der Waals surface area contributed by atoms with E-state index in [0.717, 1.165) is 51.0 Å². The summed E-state index contributed by atoms with van der Waals surface area (Å²) in [6, 6.07) is 0.211. The van der Waals surface area contributed by atoms with Crippen LogP contribution in [0.15, 0.2) is 6.20 Å². The Morgan fingerprint density at radius 1 is 1.38 bits per heavy atom. The smallest absolute Gasteiger partial charge is 0.162 e. The normalized spacial score (nSPS) is 24.3. The predicted octanol–water partition coefficient (Wildman–Crippen LogP) is 2.56. The number of nitrogens with zero attached hydrogens (tertiary/aromatic N) is 3. The van der Waals surface area contributed by atoms with Crippen LogP contribution in [0.5, 0.6) is 5.75 Å². The van der Waals surface area contributed by atoms with E-state index in [0.29, 0.717) is 5.75 Å². The average Bonchev–Trinajstić information content (AvgIpc) is 2.81. The fourth-order valence-electron chi connectivity index (χ4n) is 3.28. The molecule has 1 saturated heterocycles. The van der Waals surface area contributed by atoms with Crippen LogP contribution >= 0.6 is 0 Å². The van der Waals surface area contributed by atoms with Crippen LogP contribution in [0, 0.1) is 0 Å². The maximum Gasteiger partial charge on any atom is 0.162 e. The molecule has 0 radical (unpaired) electrons.